The number of aliphatic hydroxyl groups excluding tert-OH is 2. The first-order valence-electron chi connectivity index (χ1n) is 3.85. The number of aliphatic hydroxyl groups is 2. The zero-order valence-corrected chi connectivity index (χ0v) is 7.12. The van der Waals surface area contributed by atoms with Crippen LogP contribution < -0.4 is 11.1 Å². The zero-order chi connectivity index (χ0) is 8.85. The molecular weight excluding hydrogens is 144 g/mol. The second kappa shape index (κ2) is 5.49. The number of hydrogen-bond acceptors (Lipinski definition) is 4. The fraction of sp³-hybridized carbons (Fsp3) is 1.00. The Bertz CT molecular complexity index is 98.4. The van der Waals surface area contributed by atoms with Crippen molar-refractivity contribution in [2.45, 2.75) is 26.1 Å². The van der Waals surface area contributed by atoms with Crippen LogP contribution in [-0.4, -0.2) is 35.6 Å². The molecule has 0 aliphatic heterocycles. The Kier molecular flexibility index (Phi) is 5.41. The highest BCUT2D eigenvalue weighted by atomic mass is 16.3. The number of rotatable bonds is 5. The Balaban J connectivity index is 3.37. The van der Waals surface area contributed by atoms with Crippen LogP contribution in [0.5, 0.6) is 0 Å². The van der Waals surface area contributed by atoms with E-state index in [0.717, 1.165) is 0 Å². The fourth-order valence-corrected chi connectivity index (χ4v) is 0.572. The van der Waals surface area contributed by atoms with E-state index in [4.69, 9.17) is 15.9 Å². The van der Waals surface area contributed by atoms with Crippen molar-refractivity contribution in [3.8, 4) is 0 Å². The summed E-state index contributed by atoms with van der Waals surface area (Å²) in [5, 5.41) is 20.5. The van der Waals surface area contributed by atoms with Gasteiger partial charge in [0.15, 0.2) is 0 Å². The third kappa shape index (κ3) is 5.15. The molecule has 68 valence electrons. The summed E-state index contributed by atoms with van der Waals surface area (Å²) in [4.78, 5) is 0. The lowest BCUT2D eigenvalue weighted by Crippen LogP contribution is -2.47. The monoisotopic (exact) mass is 162 g/mol. The molecule has 4 heteroatoms. The van der Waals surface area contributed by atoms with Crippen LogP contribution in [0.15, 0.2) is 0 Å². The van der Waals surface area contributed by atoms with Gasteiger partial charge in [0.25, 0.3) is 0 Å². The van der Waals surface area contributed by atoms with E-state index >= 15 is 0 Å². The summed E-state index contributed by atoms with van der Waals surface area (Å²) in [7, 11) is 0. The third-order valence-electron chi connectivity index (χ3n) is 1.53. The minimum Gasteiger partial charge on any atom is -0.396 e. The first-order valence-corrected chi connectivity index (χ1v) is 3.85. The minimum absolute atomic E-state index is 0.138. The molecule has 3 unspecified atom stereocenters. The Morgan fingerprint density at radius 2 is 2.00 bits per heavy atom. The first-order chi connectivity index (χ1) is 5.07. The predicted octanol–water partition coefficient (Wildman–Crippen LogP) is -1.13. The smallest absolute Gasteiger partial charge is 0.0811 e. The average molecular weight is 162 g/mol. The molecule has 0 aliphatic rings. The normalized spacial score (nSPS) is 19.4. The summed E-state index contributed by atoms with van der Waals surface area (Å²) in [6, 6.07) is 0. The molecule has 0 spiro atoms. The molecule has 0 amide bonds. The first kappa shape index (κ1) is 10.8. The van der Waals surface area contributed by atoms with Crippen molar-refractivity contribution >= 4 is 0 Å². The van der Waals surface area contributed by atoms with Crippen LogP contribution in [-0.2, 0) is 0 Å². The molecule has 4 nitrogen and oxygen atoms in total. The molecule has 3 atom stereocenters. The zero-order valence-electron chi connectivity index (χ0n) is 7.12. The van der Waals surface area contributed by atoms with Gasteiger partial charge in [0.05, 0.1) is 12.3 Å². The molecule has 0 aromatic carbocycles. The minimum atomic E-state index is -0.555. The van der Waals surface area contributed by atoms with Gasteiger partial charge in [-0.1, -0.05) is 6.92 Å². The lowest BCUT2D eigenvalue weighted by atomic mass is 10.2. The Morgan fingerprint density at radius 1 is 1.45 bits per heavy atom. The van der Waals surface area contributed by atoms with Gasteiger partial charge in [-0.3, -0.25) is 5.32 Å². The highest BCUT2D eigenvalue weighted by molar-refractivity contribution is 4.66. The molecule has 0 bridgehead atoms. The molecule has 0 saturated carbocycles. The van der Waals surface area contributed by atoms with Gasteiger partial charge in [-0.25, -0.2) is 0 Å². The molecule has 0 aromatic heterocycles. The van der Waals surface area contributed by atoms with Crippen molar-refractivity contribution < 1.29 is 10.2 Å². The predicted molar refractivity (Wildman–Crippen MR) is 43.9 cm³/mol. The molecule has 0 radical (unpaired) electrons. The lowest BCUT2D eigenvalue weighted by molar-refractivity contribution is 0.140. The standard InChI is InChI=1S/C7H18N2O2/c1-5(4-10)3-9-7(8)6(2)11/h5-7,9-11H,3-4,8H2,1-2H3. The summed E-state index contributed by atoms with van der Waals surface area (Å²) in [6.07, 6.45) is -0.954. The van der Waals surface area contributed by atoms with E-state index in [1.807, 2.05) is 6.92 Å². The molecule has 0 saturated heterocycles. The lowest BCUT2D eigenvalue weighted by Gasteiger charge is -2.18. The quantitative estimate of drug-likeness (QED) is 0.386. The van der Waals surface area contributed by atoms with Crippen molar-refractivity contribution in [3.05, 3.63) is 0 Å². The Labute approximate surface area is 67.4 Å². The Hall–Kier alpha value is -0.160. The topological polar surface area (TPSA) is 78.5 Å². The summed E-state index contributed by atoms with van der Waals surface area (Å²) in [5.41, 5.74) is 5.48. The largest absolute Gasteiger partial charge is 0.396 e. The van der Waals surface area contributed by atoms with Crippen molar-refractivity contribution in [1.82, 2.24) is 5.32 Å². The maximum Gasteiger partial charge on any atom is 0.0811 e. The van der Waals surface area contributed by atoms with Crippen molar-refractivity contribution in [2.75, 3.05) is 13.2 Å². The van der Waals surface area contributed by atoms with Gasteiger partial charge in [0, 0.05) is 13.2 Å². The van der Waals surface area contributed by atoms with E-state index < -0.39 is 12.3 Å². The number of hydrogen-bond donors (Lipinski definition) is 4. The molecule has 0 heterocycles. The van der Waals surface area contributed by atoms with Crippen molar-refractivity contribution in [2.24, 2.45) is 11.7 Å². The van der Waals surface area contributed by atoms with Gasteiger partial charge in [0.2, 0.25) is 0 Å². The summed E-state index contributed by atoms with van der Waals surface area (Å²) in [5.74, 6) is 0.180. The van der Waals surface area contributed by atoms with E-state index in [1.165, 1.54) is 0 Å². The molecule has 0 aromatic rings. The van der Waals surface area contributed by atoms with Crippen LogP contribution in [0.25, 0.3) is 0 Å². The molecule has 0 rings (SSSR count). The summed E-state index contributed by atoms with van der Waals surface area (Å²) in [6.45, 7) is 4.30. The molecule has 0 aliphatic carbocycles. The Morgan fingerprint density at radius 3 is 2.36 bits per heavy atom. The van der Waals surface area contributed by atoms with E-state index in [2.05, 4.69) is 5.32 Å². The maximum absolute atomic E-state index is 8.96. The molecular formula is C7H18N2O2. The second-order valence-electron chi connectivity index (χ2n) is 2.96. The van der Waals surface area contributed by atoms with E-state index in [9.17, 15) is 0 Å². The van der Waals surface area contributed by atoms with Crippen LogP contribution in [0, 0.1) is 5.92 Å². The molecule has 11 heavy (non-hydrogen) atoms. The van der Waals surface area contributed by atoms with Crippen molar-refractivity contribution in [1.29, 1.82) is 0 Å². The van der Waals surface area contributed by atoms with Gasteiger partial charge < -0.3 is 15.9 Å². The summed E-state index contributed by atoms with van der Waals surface area (Å²) < 4.78 is 0. The third-order valence-corrected chi connectivity index (χ3v) is 1.53. The van der Waals surface area contributed by atoms with Crippen LogP contribution in [0.1, 0.15) is 13.8 Å². The van der Waals surface area contributed by atoms with Crippen LogP contribution in [0.3, 0.4) is 0 Å². The van der Waals surface area contributed by atoms with E-state index in [-0.39, 0.29) is 12.5 Å². The SMILES string of the molecule is CC(CO)CNC(N)C(C)O. The van der Waals surface area contributed by atoms with Crippen LogP contribution >= 0.6 is 0 Å². The van der Waals surface area contributed by atoms with Gasteiger partial charge in [-0.2, -0.15) is 0 Å². The number of nitrogens with one attached hydrogen (secondary N) is 1. The van der Waals surface area contributed by atoms with Gasteiger partial charge in [0.1, 0.15) is 0 Å². The number of nitrogens with two attached hydrogens (primary N) is 1. The average Bonchev–Trinajstić information content (AvgIpc) is 1.99. The van der Waals surface area contributed by atoms with Crippen LogP contribution in [0.4, 0.5) is 0 Å². The highest BCUT2D eigenvalue weighted by Gasteiger charge is 2.08. The van der Waals surface area contributed by atoms with Gasteiger partial charge in [-0.05, 0) is 12.8 Å². The van der Waals surface area contributed by atoms with Crippen LogP contribution in [0.2, 0.25) is 0 Å². The van der Waals surface area contributed by atoms with Gasteiger partial charge >= 0.3 is 0 Å². The second-order valence-corrected chi connectivity index (χ2v) is 2.96. The fourth-order valence-electron chi connectivity index (χ4n) is 0.572. The molecule has 0 fully saturated rings. The highest BCUT2D eigenvalue weighted by Crippen LogP contribution is 1.90. The molecule has 5 N–H and O–H groups in total. The van der Waals surface area contributed by atoms with Gasteiger partial charge in [-0.15, -0.1) is 0 Å². The van der Waals surface area contributed by atoms with E-state index in [0.29, 0.717) is 6.54 Å². The summed E-state index contributed by atoms with van der Waals surface area (Å²) >= 11 is 0. The van der Waals surface area contributed by atoms with E-state index in [1.54, 1.807) is 6.92 Å². The van der Waals surface area contributed by atoms with Crippen molar-refractivity contribution in [3.63, 3.8) is 0 Å². The maximum atomic E-state index is 8.96.